The lowest BCUT2D eigenvalue weighted by molar-refractivity contribution is -0.143. The smallest absolute Gasteiger partial charge is 0.336 e. The van der Waals surface area contributed by atoms with Gasteiger partial charge in [0.25, 0.3) is 0 Å². The molecule has 152 valence electrons. The highest BCUT2D eigenvalue weighted by Crippen LogP contribution is 2.29. The first-order valence-electron chi connectivity index (χ1n) is 9.88. The van der Waals surface area contributed by atoms with Crippen LogP contribution < -0.4 is 10.4 Å². The summed E-state index contributed by atoms with van der Waals surface area (Å²) in [5, 5.41) is 0.838. The fraction of sp³-hybridized carbons (Fsp3) is 0.333. The van der Waals surface area contributed by atoms with Crippen molar-refractivity contribution < 1.29 is 18.7 Å². The van der Waals surface area contributed by atoms with Gasteiger partial charge < -0.3 is 13.9 Å². The number of rotatable bonds is 8. The number of ether oxygens (including phenoxy) is 2. The Hall–Kier alpha value is -3.08. The van der Waals surface area contributed by atoms with Crippen molar-refractivity contribution in [2.24, 2.45) is 0 Å². The highest BCUT2D eigenvalue weighted by Gasteiger charge is 2.13. The predicted molar refractivity (Wildman–Crippen MR) is 112 cm³/mol. The van der Waals surface area contributed by atoms with Crippen LogP contribution in [0.15, 0.2) is 51.7 Å². The van der Waals surface area contributed by atoms with Crippen molar-refractivity contribution in [3.63, 3.8) is 0 Å². The van der Waals surface area contributed by atoms with Crippen LogP contribution in [0.5, 0.6) is 5.75 Å². The quantitative estimate of drug-likeness (QED) is 0.403. The Bertz CT molecular complexity index is 1060. The predicted octanol–water partition coefficient (Wildman–Crippen LogP) is 4.87. The van der Waals surface area contributed by atoms with E-state index in [2.05, 4.69) is 0 Å². The molecular formula is C24H26O5. The molecule has 0 aliphatic rings. The van der Waals surface area contributed by atoms with Crippen LogP contribution in [0.2, 0.25) is 0 Å². The summed E-state index contributed by atoms with van der Waals surface area (Å²) in [7, 11) is 0. The number of fused-ring (bicyclic) bond motifs is 1. The SMILES string of the molecule is CCCOC(=O)CCc1cc2c(C)cc(=O)oc2cc1OCc1ccccc1C. The molecule has 0 N–H and O–H groups in total. The number of esters is 1. The maximum atomic E-state index is 12.0. The van der Waals surface area contributed by atoms with Gasteiger partial charge in [-0.2, -0.15) is 0 Å². The molecule has 0 amide bonds. The summed E-state index contributed by atoms with van der Waals surface area (Å²) in [6, 6.07) is 13.2. The molecule has 1 aromatic heterocycles. The Morgan fingerprint density at radius 2 is 1.83 bits per heavy atom. The van der Waals surface area contributed by atoms with E-state index in [0.717, 1.165) is 34.1 Å². The highest BCUT2D eigenvalue weighted by atomic mass is 16.5. The lowest BCUT2D eigenvalue weighted by atomic mass is 10.0. The average Bonchev–Trinajstić information content (AvgIpc) is 2.70. The molecule has 3 aromatic rings. The monoisotopic (exact) mass is 394 g/mol. The molecule has 0 unspecified atom stereocenters. The topological polar surface area (TPSA) is 65.7 Å². The number of hydrogen-bond donors (Lipinski definition) is 0. The summed E-state index contributed by atoms with van der Waals surface area (Å²) in [5.74, 6) is 0.380. The molecule has 0 saturated carbocycles. The van der Waals surface area contributed by atoms with Crippen LogP contribution in [0, 0.1) is 13.8 Å². The van der Waals surface area contributed by atoms with E-state index in [1.165, 1.54) is 6.07 Å². The van der Waals surface area contributed by atoms with Crippen molar-refractivity contribution in [1.29, 1.82) is 0 Å². The highest BCUT2D eigenvalue weighted by molar-refractivity contribution is 5.83. The molecule has 5 heteroatoms. The summed E-state index contributed by atoms with van der Waals surface area (Å²) in [6.07, 6.45) is 1.55. The molecule has 0 atom stereocenters. The summed E-state index contributed by atoms with van der Waals surface area (Å²) in [6.45, 7) is 6.68. The minimum absolute atomic E-state index is 0.229. The van der Waals surface area contributed by atoms with E-state index in [-0.39, 0.29) is 12.4 Å². The van der Waals surface area contributed by atoms with Crippen LogP contribution in [-0.2, 0) is 22.6 Å². The normalized spacial score (nSPS) is 10.9. The summed E-state index contributed by atoms with van der Waals surface area (Å²) >= 11 is 0. The Kier molecular flexibility index (Phi) is 6.70. The third kappa shape index (κ3) is 5.25. The first-order valence-corrected chi connectivity index (χ1v) is 9.88. The van der Waals surface area contributed by atoms with Gasteiger partial charge in [-0.3, -0.25) is 4.79 Å². The van der Waals surface area contributed by atoms with Gasteiger partial charge in [-0.25, -0.2) is 4.79 Å². The van der Waals surface area contributed by atoms with Gasteiger partial charge in [0.1, 0.15) is 17.9 Å². The van der Waals surface area contributed by atoms with Crippen molar-refractivity contribution in [3.05, 3.63) is 75.1 Å². The zero-order chi connectivity index (χ0) is 20.8. The third-order valence-electron chi connectivity index (χ3n) is 4.84. The molecule has 0 radical (unpaired) electrons. The van der Waals surface area contributed by atoms with E-state index >= 15 is 0 Å². The average molecular weight is 394 g/mol. The van der Waals surface area contributed by atoms with Gasteiger partial charge in [-0.1, -0.05) is 31.2 Å². The van der Waals surface area contributed by atoms with Crippen LogP contribution in [0.1, 0.15) is 42.0 Å². The molecule has 5 nitrogen and oxygen atoms in total. The van der Waals surface area contributed by atoms with Crippen molar-refractivity contribution in [2.75, 3.05) is 6.61 Å². The molecule has 29 heavy (non-hydrogen) atoms. The third-order valence-corrected chi connectivity index (χ3v) is 4.84. The standard InChI is InChI=1S/C24H26O5/c1-4-11-27-23(25)10-9-18-13-20-17(3)12-24(26)29-22(20)14-21(18)28-15-19-8-6-5-7-16(19)2/h5-8,12-14H,4,9-11,15H2,1-3H3. The van der Waals surface area contributed by atoms with Gasteiger partial charge in [0.05, 0.1) is 6.61 Å². The Morgan fingerprint density at radius 3 is 2.59 bits per heavy atom. The lowest BCUT2D eigenvalue weighted by Gasteiger charge is -2.14. The molecule has 2 aromatic carbocycles. The van der Waals surface area contributed by atoms with Crippen molar-refractivity contribution >= 4 is 16.9 Å². The Labute approximate surface area is 170 Å². The Morgan fingerprint density at radius 1 is 1.03 bits per heavy atom. The second kappa shape index (κ2) is 9.41. The minimum Gasteiger partial charge on any atom is -0.488 e. The molecule has 0 saturated heterocycles. The summed E-state index contributed by atoms with van der Waals surface area (Å²) in [4.78, 5) is 23.7. The minimum atomic E-state index is -0.393. The number of hydrogen-bond acceptors (Lipinski definition) is 5. The molecule has 0 fully saturated rings. The van der Waals surface area contributed by atoms with Crippen molar-refractivity contribution in [1.82, 2.24) is 0 Å². The van der Waals surface area contributed by atoms with E-state index in [4.69, 9.17) is 13.9 Å². The molecular weight excluding hydrogens is 368 g/mol. The van der Waals surface area contributed by atoms with Gasteiger partial charge in [0.2, 0.25) is 0 Å². The fourth-order valence-electron chi connectivity index (χ4n) is 3.17. The molecule has 0 aliphatic carbocycles. The molecule has 3 rings (SSSR count). The van der Waals surface area contributed by atoms with E-state index in [0.29, 0.717) is 31.0 Å². The van der Waals surface area contributed by atoms with Gasteiger partial charge in [0, 0.05) is 23.9 Å². The largest absolute Gasteiger partial charge is 0.488 e. The van der Waals surface area contributed by atoms with Crippen LogP contribution in [0.4, 0.5) is 0 Å². The number of carbonyl (C=O) groups is 1. The van der Waals surface area contributed by atoms with Gasteiger partial charge >= 0.3 is 11.6 Å². The zero-order valence-corrected chi connectivity index (χ0v) is 17.1. The number of benzene rings is 2. The second-order valence-corrected chi connectivity index (χ2v) is 7.14. The molecule has 0 aliphatic heterocycles. The summed E-state index contributed by atoms with van der Waals surface area (Å²) < 4.78 is 16.6. The Balaban J connectivity index is 1.90. The fourth-order valence-corrected chi connectivity index (χ4v) is 3.17. The van der Waals surface area contributed by atoms with Crippen molar-refractivity contribution in [3.8, 4) is 5.75 Å². The molecule has 0 bridgehead atoms. The van der Waals surface area contributed by atoms with Gasteiger partial charge in [-0.05, 0) is 55.0 Å². The van der Waals surface area contributed by atoms with Gasteiger partial charge in [0.15, 0.2) is 0 Å². The first-order chi connectivity index (χ1) is 14.0. The van der Waals surface area contributed by atoms with E-state index < -0.39 is 5.63 Å². The maximum absolute atomic E-state index is 12.0. The molecule has 0 spiro atoms. The van der Waals surface area contributed by atoms with Gasteiger partial charge in [-0.15, -0.1) is 0 Å². The first kappa shape index (κ1) is 20.6. The van der Waals surface area contributed by atoms with E-state index in [1.54, 1.807) is 6.07 Å². The summed E-state index contributed by atoms with van der Waals surface area (Å²) in [5.41, 5.74) is 4.02. The van der Waals surface area contributed by atoms with Crippen molar-refractivity contribution in [2.45, 2.75) is 46.6 Å². The van der Waals surface area contributed by atoms with E-state index in [1.807, 2.05) is 51.1 Å². The molecule has 1 heterocycles. The number of aryl methyl sites for hydroxylation is 3. The van der Waals surface area contributed by atoms with E-state index in [9.17, 15) is 9.59 Å². The van der Waals surface area contributed by atoms with Crippen LogP contribution in [0.25, 0.3) is 11.0 Å². The number of carbonyl (C=O) groups excluding carboxylic acids is 1. The van der Waals surface area contributed by atoms with Crippen LogP contribution >= 0.6 is 0 Å². The second-order valence-electron chi connectivity index (χ2n) is 7.14. The zero-order valence-electron chi connectivity index (χ0n) is 17.1. The lowest BCUT2D eigenvalue weighted by Crippen LogP contribution is -2.08. The van der Waals surface area contributed by atoms with Crippen LogP contribution in [0.3, 0.4) is 0 Å². The maximum Gasteiger partial charge on any atom is 0.336 e. The van der Waals surface area contributed by atoms with Crippen LogP contribution in [-0.4, -0.2) is 12.6 Å².